The number of hydrogen-bond donors (Lipinski definition) is 1. The molecule has 19 heavy (non-hydrogen) atoms. The van der Waals surface area contributed by atoms with E-state index >= 15 is 0 Å². The quantitative estimate of drug-likeness (QED) is 0.871. The second kappa shape index (κ2) is 5.53. The van der Waals surface area contributed by atoms with Crippen LogP contribution in [0.4, 0.5) is 13.2 Å². The fourth-order valence-corrected chi connectivity index (χ4v) is 3.16. The van der Waals surface area contributed by atoms with E-state index in [2.05, 4.69) is 5.32 Å². The number of hydrogen-bond acceptors (Lipinski definition) is 1. The Morgan fingerprint density at radius 1 is 1.16 bits per heavy atom. The molecule has 4 heteroatoms. The first-order valence-electron chi connectivity index (χ1n) is 6.80. The van der Waals surface area contributed by atoms with E-state index in [0.717, 1.165) is 43.9 Å². The van der Waals surface area contributed by atoms with E-state index in [1.54, 1.807) is 0 Å². The summed E-state index contributed by atoms with van der Waals surface area (Å²) in [6.45, 7) is 0.744. The van der Waals surface area contributed by atoms with Crippen LogP contribution in [0.15, 0.2) is 24.3 Å². The van der Waals surface area contributed by atoms with Crippen molar-refractivity contribution in [2.24, 2.45) is 0 Å². The molecule has 1 aromatic carbocycles. The monoisotopic (exact) mass is 271 g/mol. The molecule has 1 saturated carbocycles. The molecule has 1 aliphatic carbocycles. The lowest BCUT2D eigenvalue weighted by molar-refractivity contribution is -0.137. The molecule has 1 aromatic rings. The summed E-state index contributed by atoms with van der Waals surface area (Å²) < 4.78 is 38.5. The average molecular weight is 271 g/mol. The van der Waals surface area contributed by atoms with Crippen LogP contribution in [-0.2, 0) is 11.6 Å². The zero-order valence-corrected chi connectivity index (χ0v) is 11.2. The van der Waals surface area contributed by atoms with Crippen LogP contribution in [0.25, 0.3) is 0 Å². The Bertz CT molecular complexity index is 414. The summed E-state index contributed by atoms with van der Waals surface area (Å²) in [6, 6.07) is 5.87. The second-order valence-corrected chi connectivity index (χ2v) is 5.45. The molecule has 0 bridgehead atoms. The van der Waals surface area contributed by atoms with Gasteiger partial charge >= 0.3 is 6.18 Å². The predicted octanol–water partition coefficient (Wildman–Crippen LogP) is 4.13. The van der Waals surface area contributed by atoms with Crippen LogP contribution in [0.5, 0.6) is 0 Å². The van der Waals surface area contributed by atoms with Crippen LogP contribution in [0.2, 0.25) is 0 Å². The van der Waals surface area contributed by atoms with Gasteiger partial charge < -0.3 is 5.32 Å². The maximum absolute atomic E-state index is 12.8. The van der Waals surface area contributed by atoms with Gasteiger partial charge in [0.05, 0.1) is 5.56 Å². The van der Waals surface area contributed by atoms with Gasteiger partial charge in [-0.3, -0.25) is 0 Å². The molecule has 106 valence electrons. The van der Waals surface area contributed by atoms with Gasteiger partial charge in [-0.25, -0.2) is 0 Å². The molecule has 0 saturated heterocycles. The van der Waals surface area contributed by atoms with Crippen molar-refractivity contribution in [2.45, 2.75) is 43.7 Å². The Morgan fingerprint density at radius 2 is 1.84 bits per heavy atom. The van der Waals surface area contributed by atoms with Crippen molar-refractivity contribution in [3.63, 3.8) is 0 Å². The molecule has 1 N–H and O–H groups in total. The van der Waals surface area contributed by atoms with Crippen LogP contribution in [0.1, 0.15) is 43.2 Å². The van der Waals surface area contributed by atoms with Gasteiger partial charge in [0.1, 0.15) is 0 Å². The molecule has 0 heterocycles. The summed E-state index contributed by atoms with van der Waals surface area (Å²) in [6.07, 6.45) is 1.05. The molecule has 0 aliphatic heterocycles. The highest BCUT2D eigenvalue weighted by Crippen LogP contribution is 2.40. The van der Waals surface area contributed by atoms with Crippen LogP contribution in [0.3, 0.4) is 0 Å². The van der Waals surface area contributed by atoms with Crippen molar-refractivity contribution in [3.05, 3.63) is 35.4 Å². The highest BCUT2D eigenvalue weighted by Gasteiger charge is 2.36. The van der Waals surface area contributed by atoms with Gasteiger partial charge in [-0.05, 0) is 31.5 Å². The van der Waals surface area contributed by atoms with Gasteiger partial charge in [0, 0.05) is 12.0 Å². The van der Waals surface area contributed by atoms with Crippen LogP contribution < -0.4 is 5.32 Å². The van der Waals surface area contributed by atoms with Crippen molar-refractivity contribution in [1.82, 2.24) is 5.32 Å². The number of rotatable bonds is 3. The standard InChI is InChI=1S/C15H20F3N/c1-19-11-14(8-3-2-4-9-14)12-6-5-7-13(10-12)15(16,17)18/h5-7,10,19H,2-4,8-9,11H2,1H3. The predicted molar refractivity (Wildman–Crippen MR) is 70.1 cm³/mol. The van der Waals surface area contributed by atoms with Gasteiger partial charge in [-0.2, -0.15) is 13.2 Å². The first-order chi connectivity index (χ1) is 8.98. The van der Waals surface area contributed by atoms with E-state index in [9.17, 15) is 13.2 Å². The minimum absolute atomic E-state index is 0.131. The van der Waals surface area contributed by atoms with Gasteiger partial charge in [0.25, 0.3) is 0 Å². The third kappa shape index (κ3) is 3.11. The number of likely N-dealkylation sites (N-methyl/N-ethyl adjacent to an activating group) is 1. The molecule has 0 atom stereocenters. The normalized spacial score (nSPS) is 19.4. The molecule has 1 aliphatic rings. The summed E-state index contributed by atoms with van der Waals surface area (Å²) in [5.41, 5.74) is 0.163. The molecule has 0 amide bonds. The van der Waals surface area contributed by atoms with Crippen molar-refractivity contribution in [1.29, 1.82) is 0 Å². The molecule has 2 rings (SSSR count). The van der Waals surface area contributed by atoms with Gasteiger partial charge in [0.15, 0.2) is 0 Å². The topological polar surface area (TPSA) is 12.0 Å². The third-order valence-corrected chi connectivity index (χ3v) is 4.13. The Hall–Kier alpha value is -1.03. The van der Waals surface area contributed by atoms with Crippen LogP contribution in [-0.4, -0.2) is 13.6 Å². The number of alkyl halides is 3. The smallest absolute Gasteiger partial charge is 0.319 e. The molecule has 0 aromatic heterocycles. The fourth-order valence-electron chi connectivity index (χ4n) is 3.16. The molecule has 0 spiro atoms. The van der Waals surface area contributed by atoms with E-state index < -0.39 is 11.7 Å². The van der Waals surface area contributed by atoms with Gasteiger partial charge in [-0.15, -0.1) is 0 Å². The maximum Gasteiger partial charge on any atom is 0.416 e. The highest BCUT2D eigenvalue weighted by molar-refractivity contribution is 5.32. The Labute approximate surface area is 112 Å². The summed E-state index contributed by atoms with van der Waals surface area (Å²) in [5.74, 6) is 0. The largest absolute Gasteiger partial charge is 0.416 e. The summed E-state index contributed by atoms with van der Waals surface area (Å²) in [5, 5.41) is 3.15. The Kier molecular flexibility index (Phi) is 4.19. The van der Waals surface area contributed by atoms with Crippen molar-refractivity contribution in [2.75, 3.05) is 13.6 Å². The molecule has 0 radical (unpaired) electrons. The zero-order valence-electron chi connectivity index (χ0n) is 11.2. The number of benzene rings is 1. The van der Waals surface area contributed by atoms with Gasteiger partial charge in [0.2, 0.25) is 0 Å². The summed E-state index contributed by atoms with van der Waals surface area (Å²) >= 11 is 0. The van der Waals surface area contributed by atoms with Gasteiger partial charge in [-0.1, -0.05) is 37.5 Å². The molecule has 0 unspecified atom stereocenters. The fraction of sp³-hybridized carbons (Fsp3) is 0.600. The van der Waals surface area contributed by atoms with E-state index in [4.69, 9.17) is 0 Å². The summed E-state index contributed by atoms with van der Waals surface area (Å²) in [7, 11) is 1.87. The zero-order chi connectivity index (χ0) is 13.9. The molecule has 1 nitrogen and oxygen atoms in total. The highest BCUT2D eigenvalue weighted by atomic mass is 19.4. The first kappa shape index (κ1) is 14.4. The Morgan fingerprint density at radius 3 is 2.42 bits per heavy atom. The Balaban J connectivity index is 2.36. The SMILES string of the molecule is CNCC1(c2cccc(C(F)(F)F)c2)CCCCC1. The van der Waals surface area contributed by atoms with Crippen molar-refractivity contribution >= 4 is 0 Å². The van der Waals surface area contributed by atoms with E-state index in [1.165, 1.54) is 18.6 Å². The number of halogens is 3. The van der Waals surface area contributed by atoms with E-state index in [0.29, 0.717) is 0 Å². The lowest BCUT2D eigenvalue weighted by Gasteiger charge is -2.38. The van der Waals surface area contributed by atoms with E-state index in [-0.39, 0.29) is 5.41 Å². The minimum atomic E-state index is -4.26. The molecule has 1 fully saturated rings. The summed E-state index contributed by atoms with van der Waals surface area (Å²) in [4.78, 5) is 0. The second-order valence-electron chi connectivity index (χ2n) is 5.45. The molecular weight excluding hydrogens is 251 g/mol. The van der Waals surface area contributed by atoms with Crippen LogP contribution >= 0.6 is 0 Å². The van der Waals surface area contributed by atoms with Crippen molar-refractivity contribution < 1.29 is 13.2 Å². The van der Waals surface area contributed by atoms with Crippen molar-refractivity contribution in [3.8, 4) is 0 Å². The minimum Gasteiger partial charge on any atom is -0.319 e. The maximum atomic E-state index is 12.8. The first-order valence-corrected chi connectivity index (χ1v) is 6.80. The lowest BCUT2D eigenvalue weighted by atomic mass is 9.69. The molecular formula is C15H20F3N. The average Bonchev–Trinajstić information content (AvgIpc) is 2.39. The van der Waals surface area contributed by atoms with E-state index in [1.807, 2.05) is 13.1 Å². The number of nitrogens with one attached hydrogen (secondary N) is 1. The lowest BCUT2D eigenvalue weighted by Crippen LogP contribution is -2.38. The third-order valence-electron chi connectivity index (χ3n) is 4.13. The van der Waals surface area contributed by atoms with Crippen LogP contribution in [0, 0.1) is 0 Å².